The number of ether oxygens (including phenoxy) is 1. The molecule has 0 atom stereocenters. The van der Waals surface area contributed by atoms with Crippen molar-refractivity contribution in [2.45, 2.75) is 0 Å². The van der Waals surface area contributed by atoms with Gasteiger partial charge in [-0.2, -0.15) is 5.10 Å². The van der Waals surface area contributed by atoms with Crippen molar-refractivity contribution >= 4 is 29.3 Å². The smallest absolute Gasteiger partial charge is 0.339 e. The lowest BCUT2D eigenvalue weighted by Crippen LogP contribution is -2.14. The van der Waals surface area contributed by atoms with Gasteiger partial charge in [0.05, 0.1) is 17.7 Å². The predicted octanol–water partition coefficient (Wildman–Crippen LogP) is 1.51. The lowest BCUT2D eigenvalue weighted by Gasteiger charge is -2.03. The Morgan fingerprint density at radius 3 is 2.65 bits per heavy atom. The Labute approximate surface area is 119 Å². The van der Waals surface area contributed by atoms with Crippen LogP contribution in [0.2, 0.25) is 5.02 Å². The zero-order valence-electron chi connectivity index (χ0n) is 10.8. The Morgan fingerprint density at radius 2 is 2.15 bits per heavy atom. The van der Waals surface area contributed by atoms with Crippen LogP contribution in [-0.4, -0.2) is 33.8 Å². The van der Waals surface area contributed by atoms with E-state index in [0.717, 1.165) is 0 Å². The van der Waals surface area contributed by atoms with E-state index in [4.69, 9.17) is 11.6 Å². The maximum atomic E-state index is 11.9. The van der Waals surface area contributed by atoms with Gasteiger partial charge in [-0.1, -0.05) is 11.6 Å². The molecule has 104 valence electrons. The van der Waals surface area contributed by atoms with Crippen molar-refractivity contribution in [3.8, 4) is 0 Å². The molecule has 1 N–H and O–H groups in total. The second kappa shape index (κ2) is 5.70. The molecule has 2 heterocycles. The molecule has 0 unspecified atom stereocenters. The van der Waals surface area contributed by atoms with Gasteiger partial charge in [0, 0.05) is 19.4 Å². The van der Waals surface area contributed by atoms with E-state index in [2.05, 4.69) is 20.1 Å². The van der Waals surface area contributed by atoms with Gasteiger partial charge in [-0.05, 0) is 12.1 Å². The first-order valence-electron chi connectivity index (χ1n) is 5.56. The van der Waals surface area contributed by atoms with E-state index in [1.54, 1.807) is 7.05 Å². The average Bonchev–Trinajstić information content (AvgIpc) is 2.78. The summed E-state index contributed by atoms with van der Waals surface area (Å²) < 4.78 is 5.98. The number of nitrogens with one attached hydrogen (secondary N) is 1. The molecule has 0 aliphatic heterocycles. The molecule has 0 bridgehead atoms. The van der Waals surface area contributed by atoms with Crippen LogP contribution in [-0.2, 0) is 11.8 Å². The van der Waals surface area contributed by atoms with Crippen molar-refractivity contribution < 1.29 is 14.3 Å². The number of methoxy groups -OCH3 is 1. The molecule has 7 nitrogen and oxygen atoms in total. The van der Waals surface area contributed by atoms with Crippen LogP contribution < -0.4 is 5.32 Å². The second-order valence-electron chi connectivity index (χ2n) is 3.88. The lowest BCUT2D eigenvalue weighted by molar-refractivity contribution is 0.0600. The number of pyridine rings is 1. The lowest BCUT2D eigenvalue weighted by atomic mass is 10.3. The average molecular weight is 295 g/mol. The van der Waals surface area contributed by atoms with E-state index in [9.17, 15) is 9.59 Å². The monoisotopic (exact) mass is 294 g/mol. The number of rotatable bonds is 3. The van der Waals surface area contributed by atoms with Crippen LogP contribution in [0, 0.1) is 0 Å². The number of aryl methyl sites for hydroxylation is 1. The summed E-state index contributed by atoms with van der Waals surface area (Å²) in [6.07, 6.45) is 2.83. The van der Waals surface area contributed by atoms with Crippen LogP contribution in [0.4, 0.5) is 5.82 Å². The van der Waals surface area contributed by atoms with E-state index in [0.29, 0.717) is 5.56 Å². The number of esters is 1. The largest absolute Gasteiger partial charge is 0.465 e. The topological polar surface area (TPSA) is 86.1 Å². The van der Waals surface area contributed by atoms with Crippen LogP contribution in [0.5, 0.6) is 0 Å². The van der Waals surface area contributed by atoms with Gasteiger partial charge in [0.15, 0.2) is 5.69 Å². The van der Waals surface area contributed by atoms with Crippen LogP contribution >= 0.6 is 11.6 Å². The third-order valence-corrected chi connectivity index (χ3v) is 2.70. The van der Waals surface area contributed by atoms with Crippen LogP contribution in [0.3, 0.4) is 0 Å². The van der Waals surface area contributed by atoms with Gasteiger partial charge in [0.1, 0.15) is 5.82 Å². The standard InChI is InChI=1S/C12H11ClN4O3/c1-17-6-8(13)10(16-17)11(18)15-9-4-3-7(5-14-9)12(19)20-2/h3-6H,1-2H3,(H,14,15,18). The number of hydrogen-bond donors (Lipinski definition) is 1. The zero-order chi connectivity index (χ0) is 14.7. The van der Waals surface area contributed by atoms with Gasteiger partial charge in [0.2, 0.25) is 0 Å². The molecule has 0 aromatic carbocycles. The van der Waals surface area contributed by atoms with E-state index in [1.807, 2.05) is 0 Å². The number of carbonyl (C=O) groups excluding carboxylic acids is 2. The van der Waals surface area contributed by atoms with Crippen molar-refractivity contribution in [3.63, 3.8) is 0 Å². The summed E-state index contributed by atoms with van der Waals surface area (Å²) in [6.45, 7) is 0. The summed E-state index contributed by atoms with van der Waals surface area (Å²) in [7, 11) is 2.94. The molecule has 0 fully saturated rings. The highest BCUT2D eigenvalue weighted by molar-refractivity contribution is 6.34. The Morgan fingerprint density at radius 1 is 1.40 bits per heavy atom. The molecule has 2 rings (SSSR count). The maximum absolute atomic E-state index is 11.9. The van der Waals surface area contributed by atoms with Crippen molar-refractivity contribution in [2.24, 2.45) is 7.05 Å². The fraction of sp³-hybridized carbons (Fsp3) is 0.167. The molecule has 1 amide bonds. The highest BCUT2D eigenvalue weighted by atomic mass is 35.5. The number of aromatic nitrogens is 3. The number of halogens is 1. The Hall–Kier alpha value is -2.41. The summed E-state index contributed by atoms with van der Waals surface area (Å²) >= 11 is 5.87. The number of anilines is 1. The van der Waals surface area contributed by atoms with Gasteiger partial charge < -0.3 is 10.1 Å². The molecule has 0 spiro atoms. The van der Waals surface area contributed by atoms with Crippen molar-refractivity contribution in [3.05, 3.63) is 40.8 Å². The molecule has 8 heteroatoms. The van der Waals surface area contributed by atoms with Crippen LogP contribution in [0.1, 0.15) is 20.8 Å². The van der Waals surface area contributed by atoms with E-state index >= 15 is 0 Å². The third-order valence-electron chi connectivity index (χ3n) is 2.43. The van der Waals surface area contributed by atoms with Crippen molar-refractivity contribution in [1.29, 1.82) is 0 Å². The number of carbonyl (C=O) groups is 2. The zero-order valence-corrected chi connectivity index (χ0v) is 11.5. The molecule has 0 saturated heterocycles. The molecule has 0 radical (unpaired) electrons. The second-order valence-corrected chi connectivity index (χ2v) is 4.28. The first-order valence-corrected chi connectivity index (χ1v) is 5.94. The number of hydrogen-bond acceptors (Lipinski definition) is 5. The third kappa shape index (κ3) is 2.94. The van der Waals surface area contributed by atoms with Crippen LogP contribution in [0.25, 0.3) is 0 Å². The molecule has 0 aliphatic carbocycles. The Kier molecular flexibility index (Phi) is 3.99. The first-order chi connectivity index (χ1) is 9.51. The van der Waals surface area contributed by atoms with Crippen molar-refractivity contribution in [1.82, 2.24) is 14.8 Å². The first kappa shape index (κ1) is 14.0. The highest BCUT2D eigenvalue weighted by Crippen LogP contribution is 2.15. The van der Waals surface area contributed by atoms with Gasteiger partial charge in [0.25, 0.3) is 5.91 Å². The molecular weight excluding hydrogens is 284 g/mol. The molecule has 0 saturated carbocycles. The number of nitrogens with zero attached hydrogens (tertiary/aromatic N) is 3. The highest BCUT2D eigenvalue weighted by Gasteiger charge is 2.15. The van der Waals surface area contributed by atoms with E-state index in [1.165, 1.54) is 36.3 Å². The summed E-state index contributed by atoms with van der Waals surface area (Å²) in [5.41, 5.74) is 0.398. The summed E-state index contributed by atoms with van der Waals surface area (Å²) in [5.74, 6) is -0.693. The van der Waals surface area contributed by atoms with Gasteiger partial charge in [-0.25, -0.2) is 9.78 Å². The van der Waals surface area contributed by atoms with Gasteiger partial charge in [-0.15, -0.1) is 0 Å². The van der Waals surface area contributed by atoms with E-state index < -0.39 is 11.9 Å². The summed E-state index contributed by atoms with van der Waals surface area (Å²) in [5, 5.41) is 6.72. The molecule has 0 aliphatic rings. The molecular formula is C12H11ClN4O3. The minimum Gasteiger partial charge on any atom is -0.465 e. The number of amides is 1. The minimum absolute atomic E-state index is 0.105. The summed E-state index contributed by atoms with van der Waals surface area (Å²) in [6, 6.07) is 2.98. The normalized spacial score (nSPS) is 10.2. The molecule has 2 aromatic heterocycles. The van der Waals surface area contributed by atoms with Crippen LogP contribution in [0.15, 0.2) is 24.5 Å². The fourth-order valence-corrected chi connectivity index (χ4v) is 1.76. The summed E-state index contributed by atoms with van der Waals surface area (Å²) in [4.78, 5) is 27.1. The molecule has 20 heavy (non-hydrogen) atoms. The Balaban J connectivity index is 2.12. The Bertz CT molecular complexity index is 651. The predicted molar refractivity (Wildman–Crippen MR) is 71.7 cm³/mol. The minimum atomic E-state index is -0.497. The van der Waals surface area contributed by atoms with Gasteiger partial charge in [-0.3, -0.25) is 9.48 Å². The molecule has 2 aromatic rings. The van der Waals surface area contributed by atoms with Gasteiger partial charge >= 0.3 is 5.97 Å². The fourth-order valence-electron chi connectivity index (χ4n) is 1.50. The van der Waals surface area contributed by atoms with E-state index in [-0.39, 0.29) is 16.5 Å². The maximum Gasteiger partial charge on any atom is 0.339 e. The van der Waals surface area contributed by atoms with Crippen molar-refractivity contribution in [2.75, 3.05) is 12.4 Å². The SMILES string of the molecule is COC(=O)c1ccc(NC(=O)c2nn(C)cc2Cl)nc1. The quantitative estimate of drug-likeness (QED) is 0.867.